The first-order valence-corrected chi connectivity index (χ1v) is 10.6. The lowest BCUT2D eigenvalue weighted by atomic mass is 9.93. The van der Waals surface area contributed by atoms with E-state index in [-0.39, 0.29) is 11.9 Å². The van der Waals surface area contributed by atoms with Gasteiger partial charge in [-0.3, -0.25) is 9.89 Å². The number of hydrogen-bond acceptors (Lipinski definition) is 2. The van der Waals surface area contributed by atoms with Crippen molar-refractivity contribution >= 4 is 5.91 Å². The Labute approximate surface area is 173 Å². The van der Waals surface area contributed by atoms with Crippen LogP contribution in [-0.2, 0) is 0 Å². The van der Waals surface area contributed by atoms with Gasteiger partial charge in [0.05, 0.1) is 11.7 Å². The minimum Gasteiger partial charge on any atom is -0.326 e. The number of aromatic nitrogens is 2. The summed E-state index contributed by atoms with van der Waals surface area (Å²) in [4.78, 5) is 15.2. The maximum absolute atomic E-state index is 13.2. The molecule has 0 saturated carbocycles. The van der Waals surface area contributed by atoms with Crippen molar-refractivity contribution in [1.29, 1.82) is 0 Å². The molecule has 4 heteroatoms. The average molecular weight is 388 g/mol. The number of nitrogens with zero attached hydrogens (tertiary/aromatic N) is 2. The molecule has 1 unspecified atom stereocenters. The third-order valence-corrected chi connectivity index (χ3v) is 5.86. The number of benzene rings is 2. The molecular weight excluding hydrogens is 358 g/mol. The third kappa shape index (κ3) is 3.48. The molecule has 0 aliphatic carbocycles. The summed E-state index contributed by atoms with van der Waals surface area (Å²) >= 11 is 0. The molecule has 1 atom stereocenters. The van der Waals surface area contributed by atoms with Crippen LogP contribution in [0, 0.1) is 6.92 Å². The molecule has 2 aromatic carbocycles. The van der Waals surface area contributed by atoms with Crippen molar-refractivity contribution in [1.82, 2.24) is 15.1 Å². The minimum atomic E-state index is -0.0969. The van der Waals surface area contributed by atoms with E-state index in [4.69, 9.17) is 0 Å². The minimum absolute atomic E-state index is 0.0530. The van der Waals surface area contributed by atoms with Crippen LogP contribution in [0.5, 0.6) is 0 Å². The number of fused-ring (bicyclic) bond motifs is 1. The fourth-order valence-electron chi connectivity index (χ4n) is 4.10. The van der Waals surface area contributed by atoms with E-state index in [1.807, 2.05) is 4.90 Å². The number of hydrogen-bond donors (Lipinski definition) is 1. The van der Waals surface area contributed by atoms with E-state index >= 15 is 0 Å². The second kappa shape index (κ2) is 7.86. The number of H-pyrrole nitrogens is 1. The number of aromatic amines is 1. The van der Waals surface area contributed by atoms with Crippen LogP contribution in [0.3, 0.4) is 0 Å². The molecule has 29 heavy (non-hydrogen) atoms. The molecule has 1 aromatic heterocycles. The van der Waals surface area contributed by atoms with Crippen LogP contribution in [0.15, 0.2) is 48.5 Å². The molecule has 4 rings (SSSR count). The Kier molecular flexibility index (Phi) is 5.27. The standard InChI is InChI=1S/C25H29N3O/c1-5-6-15-28-24(20-13-11-18(12-14-20)16(2)3)21-22(26-27-23(21)25(28)29)19-9-7-17(4)8-10-19/h7-14,16,24H,5-6,15H2,1-4H3,(H,26,27). The second-order valence-electron chi connectivity index (χ2n) is 8.30. The van der Waals surface area contributed by atoms with Crippen LogP contribution in [-0.4, -0.2) is 27.5 Å². The summed E-state index contributed by atoms with van der Waals surface area (Å²) in [5.74, 6) is 0.537. The monoisotopic (exact) mass is 387 g/mol. The molecule has 1 amide bonds. The molecule has 1 aliphatic rings. The summed E-state index contributed by atoms with van der Waals surface area (Å²) in [6.45, 7) is 9.39. The van der Waals surface area contributed by atoms with Crippen molar-refractivity contribution in [3.8, 4) is 11.3 Å². The number of rotatable bonds is 6. The van der Waals surface area contributed by atoms with E-state index in [1.165, 1.54) is 11.1 Å². The van der Waals surface area contributed by atoms with Gasteiger partial charge in [-0.15, -0.1) is 0 Å². The van der Waals surface area contributed by atoms with Crippen molar-refractivity contribution in [2.75, 3.05) is 6.54 Å². The first-order chi connectivity index (χ1) is 14.0. The maximum Gasteiger partial charge on any atom is 0.273 e. The molecular formula is C25H29N3O. The topological polar surface area (TPSA) is 49.0 Å². The SMILES string of the molecule is CCCCN1C(=O)c2[nH]nc(-c3ccc(C)cc3)c2C1c1ccc(C(C)C)cc1. The normalized spacial score (nSPS) is 16.0. The number of unbranched alkanes of at least 4 members (excludes halogenated alkanes) is 1. The molecule has 0 radical (unpaired) electrons. The van der Waals surface area contributed by atoms with E-state index in [0.29, 0.717) is 11.6 Å². The van der Waals surface area contributed by atoms with Crippen LogP contribution >= 0.6 is 0 Å². The Morgan fingerprint density at radius 1 is 1.07 bits per heavy atom. The first-order valence-electron chi connectivity index (χ1n) is 10.6. The largest absolute Gasteiger partial charge is 0.326 e. The highest BCUT2D eigenvalue weighted by molar-refractivity contribution is 6.00. The fraction of sp³-hybridized carbons (Fsp3) is 0.360. The predicted octanol–water partition coefficient (Wildman–Crippen LogP) is 5.85. The lowest BCUT2D eigenvalue weighted by molar-refractivity contribution is 0.0741. The van der Waals surface area contributed by atoms with Crippen LogP contribution in [0.4, 0.5) is 0 Å². The zero-order valence-corrected chi connectivity index (χ0v) is 17.7. The van der Waals surface area contributed by atoms with Crippen molar-refractivity contribution in [2.24, 2.45) is 0 Å². The summed E-state index contributed by atoms with van der Waals surface area (Å²) in [6.07, 6.45) is 2.05. The third-order valence-electron chi connectivity index (χ3n) is 5.86. The van der Waals surface area contributed by atoms with Crippen molar-refractivity contribution < 1.29 is 4.79 Å². The zero-order valence-electron chi connectivity index (χ0n) is 17.7. The lowest BCUT2D eigenvalue weighted by Crippen LogP contribution is -2.30. The van der Waals surface area contributed by atoms with Gasteiger partial charge in [-0.25, -0.2) is 0 Å². The van der Waals surface area contributed by atoms with Crippen LogP contribution in [0.1, 0.15) is 78.3 Å². The summed E-state index contributed by atoms with van der Waals surface area (Å²) in [6, 6.07) is 17.0. The summed E-state index contributed by atoms with van der Waals surface area (Å²) < 4.78 is 0. The molecule has 0 fully saturated rings. The second-order valence-corrected chi connectivity index (χ2v) is 8.30. The van der Waals surface area contributed by atoms with Crippen molar-refractivity contribution in [3.05, 3.63) is 76.5 Å². The van der Waals surface area contributed by atoms with Crippen molar-refractivity contribution in [2.45, 2.75) is 52.5 Å². The molecule has 3 aromatic rings. The van der Waals surface area contributed by atoms with Crippen LogP contribution in [0.2, 0.25) is 0 Å². The molecule has 1 aliphatic heterocycles. The van der Waals surface area contributed by atoms with Crippen LogP contribution in [0.25, 0.3) is 11.3 Å². The molecule has 0 bridgehead atoms. The Morgan fingerprint density at radius 2 is 1.76 bits per heavy atom. The van der Waals surface area contributed by atoms with Gasteiger partial charge >= 0.3 is 0 Å². The van der Waals surface area contributed by atoms with Crippen LogP contribution < -0.4 is 0 Å². The zero-order chi connectivity index (χ0) is 20.5. The molecule has 0 saturated heterocycles. The Bertz CT molecular complexity index is 1000. The number of nitrogens with one attached hydrogen (secondary N) is 1. The van der Waals surface area contributed by atoms with E-state index < -0.39 is 0 Å². The van der Waals surface area contributed by atoms with Gasteiger partial charge < -0.3 is 4.90 Å². The van der Waals surface area contributed by atoms with Gasteiger partial charge in [0.1, 0.15) is 5.69 Å². The van der Waals surface area contributed by atoms with Gasteiger partial charge in [-0.2, -0.15) is 5.10 Å². The first kappa shape index (κ1) is 19.4. The summed E-state index contributed by atoms with van der Waals surface area (Å²) in [5.41, 5.74) is 7.23. The number of carbonyl (C=O) groups is 1. The van der Waals surface area contributed by atoms with Gasteiger partial charge in [-0.05, 0) is 30.4 Å². The summed E-state index contributed by atoms with van der Waals surface area (Å²) in [7, 11) is 0. The Morgan fingerprint density at radius 3 is 2.38 bits per heavy atom. The van der Waals surface area contributed by atoms with E-state index in [9.17, 15) is 4.79 Å². The van der Waals surface area contributed by atoms with Gasteiger partial charge in [0.25, 0.3) is 5.91 Å². The number of aryl methyl sites for hydroxylation is 1. The average Bonchev–Trinajstić information content (AvgIpc) is 3.26. The fourth-order valence-corrected chi connectivity index (χ4v) is 4.10. The Hall–Kier alpha value is -2.88. The van der Waals surface area contributed by atoms with Crippen molar-refractivity contribution in [3.63, 3.8) is 0 Å². The lowest BCUT2D eigenvalue weighted by Gasteiger charge is -2.26. The number of carbonyl (C=O) groups excluding carboxylic acids is 1. The smallest absolute Gasteiger partial charge is 0.273 e. The molecule has 2 heterocycles. The number of amides is 1. The molecule has 4 nitrogen and oxygen atoms in total. The van der Waals surface area contributed by atoms with E-state index in [0.717, 1.165) is 41.8 Å². The van der Waals surface area contributed by atoms with Gasteiger partial charge in [0, 0.05) is 17.7 Å². The predicted molar refractivity (Wildman–Crippen MR) is 117 cm³/mol. The highest BCUT2D eigenvalue weighted by atomic mass is 16.2. The van der Waals surface area contributed by atoms with Gasteiger partial charge in [-0.1, -0.05) is 81.3 Å². The maximum atomic E-state index is 13.2. The van der Waals surface area contributed by atoms with E-state index in [1.54, 1.807) is 0 Å². The quantitative estimate of drug-likeness (QED) is 0.576. The highest BCUT2D eigenvalue weighted by Crippen LogP contribution is 2.43. The van der Waals surface area contributed by atoms with Gasteiger partial charge in [0.15, 0.2) is 0 Å². The molecule has 1 N–H and O–H groups in total. The summed E-state index contributed by atoms with van der Waals surface area (Å²) in [5, 5.41) is 7.60. The molecule has 0 spiro atoms. The van der Waals surface area contributed by atoms with Gasteiger partial charge in [0.2, 0.25) is 0 Å². The Balaban J connectivity index is 1.82. The van der Waals surface area contributed by atoms with E-state index in [2.05, 4.69) is 86.4 Å². The molecule has 150 valence electrons. The highest BCUT2D eigenvalue weighted by Gasteiger charge is 2.41.